The van der Waals surface area contributed by atoms with Crippen molar-refractivity contribution in [3.63, 3.8) is 0 Å². The number of hydrogen-bond donors (Lipinski definition) is 2. The first-order chi connectivity index (χ1) is 16.4. The molecule has 0 heterocycles. The molecule has 0 amide bonds. The first-order valence-corrected chi connectivity index (χ1v) is 10.6. The Bertz CT molecular complexity index is 908. The van der Waals surface area contributed by atoms with Gasteiger partial charge in [0.25, 0.3) is 0 Å². The number of aliphatic hydroxyl groups is 2. The predicted octanol–water partition coefficient (Wildman–Crippen LogP) is 0.122. The predicted molar refractivity (Wildman–Crippen MR) is 145 cm³/mol. The summed E-state index contributed by atoms with van der Waals surface area (Å²) in [6.07, 6.45) is 23.4. The van der Waals surface area contributed by atoms with Crippen LogP contribution < -0.4 is 34.7 Å². The van der Waals surface area contributed by atoms with E-state index in [0.29, 0.717) is 25.9 Å². The standard InChI is InChI=1S/C15H18O3.C13H14O3.2CH4.Na/c1-3-11-14(16)12-9-7-5-6-8-10-13-15(17)18-4-2;1-2-9-12(14)10-7-5-3-4-6-8-11-13(15)16;;;/h1,5,7,9,12,14,16H,4,10-11,13H2,2H3;1,3,5,7,10,12,14H,8-9,11H2,(H,15,16);2*1H4;/q;;;;+1/p-1/b7-5+,12-9+;5-3+,10-7+;;;/t14-;12-;;;/m11.../s1. The zero-order valence-corrected chi connectivity index (χ0v) is 22.4. The van der Waals surface area contributed by atoms with Gasteiger partial charge in [-0.3, -0.25) is 4.79 Å². The molecule has 0 aliphatic heterocycles. The van der Waals surface area contributed by atoms with Crippen LogP contribution in [-0.4, -0.2) is 41.0 Å². The van der Waals surface area contributed by atoms with E-state index in [4.69, 9.17) is 17.6 Å². The van der Waals surface area contributed by atoms with Crippen LogP contribution in [-0.2, 0) is 14.3 Å². The largest absolute Gasteiger partial charge is 1.00 e. The van der Waals surface area contributed by atoms with Crippen molar-refractivity contribution in [2.75, 3.05) is 6.61 Å². The Morgan fingerprint density at radius 1 is 0.865 bits per heavy atom. The van der Waals surface area contributed by atoms with Crippen LogP contribution in [0.1, 0.15) is 60.3 Å². The van der Waals surface area contributed by atoms with Gasteiger partial charge in [0.15, 0.2) is 0 Å². The van der Waals surface area contributed by atoms with Crippen molar-refractivity contribution >= 4 is 11.9 Å². The van der Waals surface area contributed by atoms with Crippen LogP contribution in [0.3, 0.4) is 0 Å². The summed E-state index contributed by atoms with van der Waals surface area (Å²) in [5.74, 6) is 14.3. The topological polar surface area (TPSA) is 107 Å². The fourth-order valence-corrected chi connectivity index (χ4v) is 1.79. The van der Waals surface area contributed by atoms with Crippen LogP contribution in [0.15, 0.2) is 48.6 Å². The van der Waals surface area contributed by atoms with Gasteiger partial charge in [-0.1, -0.05) is 75.0 Å². The van der Waals surface area contributed by atoms with Gasteiger partial charge in [-0.2, -0.15) is 0 Å². The number of carboxylic acid groups (broad SMARTS) is 1. The molecule has 0 aliphatic rings. The fourth-order valence-electron chi connectivity index (χ4n) is 1.79. The molecule has 6 nitrogen and oxygen atoms in total. The maximum absolute atomic E-state index is 11.0. The fraction of sp³-hybridized carbons (Fsp3) is 0.400. The molecule has 0 radical (unpaired) electrons. The normalized spacial score (nSPS) is 10.9. The molecule has 0 spiro atoms. The average Bonchev–Trinajstić information content (AvgIpc) is 2.78. The second-order valence-corrected chi connectivity index (χ2v) is 6.26. The molecule has 2 N–H and O–H groups in total. The van der Waals surface area contributed by atoms with Crippen molar-refractivity contribution in [3.05, 3.63) is 48.6 Å². The number of hydrogen-bond acceptors (Lipinski definition) is 6. The molecule has 0 saturated carbocycles. The van der Waals surface area contributed by atoms with E-state index in [9.17, 15) is 24.9 Å². The van der Waals surface area contributed by atoms with Gasteiger partial charge in [0.1, 0.15) is 0 Å². The maximum Gasteiger partial charge on any atom is 1.00 e. The molecule has 0 aromatic carbocycles. The summed E-state index contributed by atoms with van der Waals surface area (Å²) in [7, 11) is 0. The van der Waals surface area contributed by atoms with Crippen molar-refractivity contribution in [3.8, 4) is 48.4 Å². The number of esters is 1. The van der Waals surface area contributed by atoms with Crippen molar-refractivity contribution in [1.82, 2.24) is 0 Å². The number of carbonyl (C=O) groups is 2. The van der Waals surface area contributed by atoms with Crippen LogP contribution in [0.5, 0.6) is 0 Å². The Kier molecular flexibility index (Phi) is 42.0. The summed E-state index contributed by atoms with van der Waals surface area (Å²) in [5.41, 5.74) is 0. The molecular formula is C30H39NaO6. The SMILES string of the molecule is C.C.C#CC[C@@H](O)/C=C/C=C/C#CCCC(=O)OCC.C#CC[C@@H](O)/C=C/C=C/C#CCCC(=O)[O-].[Na+]. The van der Waals surface area contributed by atoms with E-state index in [1.165, 1.54) is 0 Å². The number of ether oxygens (including phenoxy) is 1. The number of carbonyl (C=O) groups excluding carboxylic acids is 2. The van der Waals surface area contributed by atoms with E-state index in [1.807, 2.05) is 0 Å². The van der Waals surface area contributed by atoms with Crippen LogP contribution in [0, 0.1) is 48.4 Å². The van der Waals surface area contributed by atoms with Gasteiger partial charge in [0.05, 0.1) is 25.2 Å². The Morgan fingerprint density at radius 3 is 1.68 bits per heavy atom. The van der Waals surface area contributed by atoms with Crippen LogP contribution >= 0.6 is 0 Å². The molecule has 0 aromatic heterocycles. The summed E-state index contributed by atoms with van der Waals surface area (Å²) in [6, 6.07) is 0. The Hall–Kier alpha value is -2.94. The molecule has 196 valence electrons. The third-order valence-electron chi connectivity index (χ3n) is 3.32. The minimum atomic E-state index is -1.10. The minimum Gasteiger partial charge on any atom is -0.550 e. The number of allylic oxidation sites excluding steroid dienone is 6. The summed E-state index contributed by atoms with van der Waals surface area (Å²) >= 11 is 0. The molecule has 0 aliphatic carbocycles. The van der Waals surface area contributed by atoms with Gasteiger partial charge in [-0.05, 0) is 25.5 Å². The number of aliphatic hydroxyl groups excluding tert-OH is 2. The van der Waals surface area contributed by atoms with Crippen molar-refractivity contribution in [2.45, 2.75) is 72.5 Å². The third kappa shape index (κ3) is 40.5. The Morgan fingerprint density at radius 2 is 1.30 bits per heavy atom. The van der Waals surface area contributed by atoms with E-state index < -0.39 is 18.2 Å². The van der Waals surface area contributed by atoms with E-state index in [2.05, 4.69) is 35.5 Å². The zero-order valence-electron chi connectivity index (χ0n) is 20.4. The van der Waals surface area contributed by atoms with Crippen molar-refractivity contribution in [1.29, 1.82) is 0 Å². The monoisotopic (exact) mass is 518 g/mol. The van der Waals surface area contributed by atoms with E-state index in [1.54, 1.807) is 55.5 Å². The summed E-state index contributed by atoms with van der Waals surface area (Å²) in [6.45, 7) is 2.17. The van der Waals surface area contributed by atoms with Crippen LogP contribution in [0.2, 0.25) is 0 Å². The number of carboxylic acids is 1. The van der Waals surface area contributed by atoms with E-state index >= 15 is 0 Å². The summed E-state index contributed by atoms with van der Waals surface area (Å²) in [4.78, 5) is 21.0. The van der Waals surface area contributed by atoms with E-state index in [-0.39, 0.29) is 69.6 Å². The van der Waals surface area contributed by atoms with Crippen molar-refractivity contribution < 1.29 is 59.2 Å². The second kappa shape index (κ2) is 35.2. The van der Waals surface area contributed by atoms with Gasteiger partial charge in [0.2, 0.25) is 0 Å². The zero-order chi connectivity index (χ0) is 25.9. The van der Waals surface area contributed by atoms with Crippen LogP contribution in [0.4, 0.5) is 0 Å². The molecule has 0 aromatic rings. The molecule has 0 bridgehead atoms. The molecule has 7 heteroatoms. The van der Waals surface area contributed by atoms with Gasteiger partial charge in [-0.25, -0.2) is 0 Å². The van der Waals surface area contributed by atoms with Gasteiger partial charge in [0, 0.05) is 31.7 Å². The second-order valence-electron chi connectivity index (χ2n) is 6.26. The number of rotatable bonds is 11. The first kappa shape index (κ1) is 44.1. The maximum atomic E-state index is 11.0. The molecule has 0 rings (SSSR count). The van der Waals surface area contributed by atoms with Crippen LogP contribution in [0.25, 0.3) is 0 Å². The summed E-state index contributed by atoms with van der Waals surface area (Å²) in [5, 5.41) is 28.4. The third-order valence-corrected chi connectivity index (χ3v) is 3.32. The number of terminal acetylenes is 2. The average molecular weight is 519 g/mol. The first-order valence-electron chi connectivity index (χ1n) is 10.6. The molecule has 2 atom stereocenters. The number of aliphatic carboxylic acids is 1. The smallest absolute Gasteiger partial charge is 0.550 e. The Balaban J connectivity index is -0.000000172. The molecule has 0 saturated heterocycles. The van der Waals surface area contributed by atoms with Crippen molar-refractivity contribution in [2.24, 2.45) is 0 Å². The van der Waals surface area contributed by atoms with Gasteiger partial charge in [-0.15, -0.1) is 24.7 Å². The quantitative estimate of drug-likeness (QED) is 0.174. The molecular weight excluding hydrogens is 479 g/mol. The Labute approximate surface area is 246 Å². The molecule has 0 unspecified atom stereocenters. The van der Waals surface area contributed by atoms with Gasteiger partial charge >= 0.3 is 35.5 Å². The van der Waals surface area contributed by atoms with E-state index in [0.717, 1.165) is 0 Å². The summed E-state index contributed by atoms with van der Waals surface area (Å²) < 4.78 is 4.76. The minimum absolute atomic E-state index is 0. The molecule has 0 fully saturated rings. The van der Waals surface area contributed by atoms with Gasteiger partial charge < -0.3 is 24.9 Å². The molecule has 37 heavy (non-hydrogen) atoms.